The van der Waals surface area contributed by atoms with Crippen molar-refractivity contribution in [2.24, 2.45) is 5.92 Å². The lowest BCUT2D eigenvalue weighted by molar-refractivity contribution is -0.145. The first-order valence-electron chi connectivity index (χ1n) is 2.55. The molecule has 2 N–H and O–H groups in total. The molecule has 9 heavy (non-hydrogen) atoms. The highest BCUT2D eigenvalue weighted by molar-refractivity contribution is 5.70. The lowest BCUT2D eigenvalue weighted by Crippen LogP contribution is -2.22. The maximum absolute atomic E-state index is 10.1. The average molecular weight is 134 g/mol. The first kappa shape index (κ1) is 8.39. The van der Waals surface area contributed by atoms with Crippen molar-refractivity contribution in [1.82, 2.24) is 0 Å². The summed E-state index contributed by atoms with van der Waals surface area (Å²) in [4.78, 5) is 10.1. The number of methoxy groups -OCH3 is 1. The molecule has 0 rings (SSSR count). The molecule has 1 atom stereocenters. The molecule has 0 amide bonds. The molecular weight excluding hydrogens is 124 g/mol. The molecule has 0 aliphatic carbocycles. The largest absolute Gasteiger partial charge is 0.481 e. The van der Waals surface area contributed by atoms with Crippen LogP contribution >= 0.6 is 0 Å². The van der Waals surface area contributed by atoms with Crippen molar-refractivity contribution < 1.29 is 19.7 Å². The van der Waals surface area contributed by atoms with Crippen LogP contribution in [-0.4, -0.2) is 36.5 Å². The number of rotatable bonds is 4. The molecular formula is C5H10O4. The van der Waals surface area contributed by atoms with Gasteiger partial charge in [-0.05, 0) is 0 Å². The van der Waals surface area contributed by atoms with Crippen LogP contribution < -0.4 is 0 Å². The summed E-state index contributed by atoms with van der Waals surface area (Å²) in [5, 5.41) is 16.6. The van der Waals surface area contributed by atoms with E-state index in [2.05, 4.69) is 4.74 Å². The van der Waals surface area contributed by atoms with Crippen molar-refractivity contribution in [2.45, 2.75) is 0 Å². The van der Waals surface area contributed by atoms with E-state index in [1.807, 2.05) is 0 Å². The Kier molecular flexibility index (Phi) is 4.00. The minimum Gasteiger partial charge on any atom is -0.481 e. The smallest absolute Gasteiger partial charge is 0.311 e. The van der Waals surface area contributed by atoms with E-state index in [-0.39, 0.29) is 13.2 Å². The summed E-state index contributed by atoms with van der Waals surface area (Å²) < 4.78 is 4.52. The molecule has 0 aromatic heterocycles. The van der Waals surface area contributed by atoms with Gasteiger partial charge in [-0.2, -0.15) is 0 Å². The molecule has 0 aromatic carbocycles. The Labute approximate surface area is 53.1 Å². The lowest BCUT2D eigenvalue weighted by atomic mass is 10.2. The summed E-state index contributed by atoms with van der Waals surface area (Å²) in [6.07, 6.45) is 0. The number of hydrogen-bond acceptors (Lipinski definition) is 3. The Morgan fingerprint density at radius 1 is 1.78 bits per heavy atom. The van der Waals surface area contributed by atoms with Crippen LogP contribution in [0.5, 0.6) is 0 Å². The summed E-state index contributed by atoms with van der Waals surface area (Å²) in [5.74, 6) is -1.81. The number of carboxylic acid groups (broad SMARTS) is 1. The maximum Gasteiger partial charge on any atom is 0.311 e. The number of aliphatic hydroxyl groups excluding tert-OH is 1. The molecule has 0 spiro atoms. The van der Waals surface area contributed by atoms with Crippen molar-refractivity contribution in [2.75, 3.05) is 20.3 Å². The molecule has 0 saturated heterocycles. The van der Waals surface area contributed by atoms with Gasteiger partial charge >= 0.3 is 5.97 Å². The van der Waals surface area contributed by atoms with Gasteiger partial charge in [0.05, 0.1) is 13.2 Å². The van der Waals surface area contributed by atoms with Crippen molar-refractivity contribution in [3.05, 3.63) is 0 Å². The van der Waals surface area contributed by atoms with Crippen molar-refractivity contribution in [1.29, 1.82) is 0 Å². The van der Waals surface area contributed by atoms with Crippen LogP contribution in [0.4, 0.5) is 0 Å². The second-order valence-electron chi connectivity index (χ2n) is 1.67. The number of carbonyl (C=O) groups is 1. The molecule has 0 aliphatic heterocycles. The predicted molar refractivity (Wildman–Crippen MR) is 30.1 cm³/mol. The summed E-state index contributed by atoms with van der Waals surface area (Å²) >= 11 is 0. The Balaban J connectivity index is 3.54. The fourth-order valence-electron chi connectivity index (χ4n) is 0.403. The number of aliphatic hydroxyl groups is 1. The lowest BCUT2D eigenvalue weighted by Gasteiger charge is -2.05. The van der Waals surface area contributed by atoms with E-state index < -0.39 is 11.9 Å². The molecule has 0 aliphatic rings. The van der Waals surface area contributed by atoms with Gasteiger partial charge < -0.3 is 14.9 Å². The quantitative estimate of drug-likeness (QED) is 0.535. The second kappa shape index (κ2) is 4.29. The SMILES string of the molecule is COC[C@H](CO)C(=O)O. The maximum atomic E-state index is 10.1. The van der Waals surface area contributed by atoms with Gasteiger partial charge in [0.25, 0.3) is 0 Å². The third-order valence-corrected chi connectivity index (χ3v) is 0.937. The standard InChI is InChI=1S/C5H10O4/c1-9-3-4(2-6)5(7)8/h4,6H,2-3H2,1H3,(H,7,8)/t4-/m0/s1. The Hall–Kier alpha value is -0.610. The Morgan fingerprint density at radius 2 is 2.33 bits per heavy atom. The van der Waals surface area contributed by atoms with E-state index in [0.717, 1.165) is 0 Å². The van der Waals surface area contributed by atoms with Gasteiger partial charge in [-0.25, -0.2) is 0 Å². The monoisotopic (exact) mass is 134 g/mol. The third-order valence-electron chi connectivity index (χ3n) is 0.937. The normalized spacial score (nSPS) is 13.1. The molecule has 4 heteroatoms. The minimum atomic E-state index is -1.03. The van der Waals surface area contributed by atoms with E-state index in [0.29, 0.717) is 0 Å². The van der Waals surface area contributed by atoms with Gasteiger partial charge in [0.15, 0.2) is 0 Å². The number of carboxylic acids is 1. The summed E-state index contributed by atoms with van der Waals surface area (Å²) in [6.45, 7) is -0.311. The second-order valence-corrected chi connectivity index (χ2v) is 1.67. The van der Waals surface area contributed by atoms with Crippen molar-refractivity contribution in [3.8, 4) is 0 Å². The van der Waals surface area contributed by atoms with Crippen LogP contribution in [0.3, 0.4) is 0 Å². The van der Waals surface area contributed by atoms with E-state index >= 15 is 0 Å². The van der Waals surface area contributed by atoms with E-state index in [1.54, 1.807) is 0 Å². The average Bonchev–Trinajstić information content (AvgIpc) is 1.82. The van der Waals surface area contributed by atoms with Crippen LogP contribution in [-0.2, 0) is 9.53 Å². The van der Waals surface area contributed by atoms with Gasteiger partial charge in [0, 0.05) is 7.11 Å². The number of aliphatic carboxylic acids is 1. The highest BCUT2D eigenvalue weighted by Crippen LogP contribution is 1.93. The highest BCUT2D eigenvalue weighted by Gasteiger charge is 2.14. The van der Waals surface area contributed by atoms with Crippen LogP contribution in [0.15, 0.2) is 0 Å². The fraction of sp³-hybridized carbons (Fsp3) is 0.800. The zero-order valence-electron chi connectivity index (χ0n) is 5.20. The summed E-state index contributed by atoms with van der Waals surface area (Å²) in [5.41, 5.74) is 0. The van der Waals surface area contributed by atoms with Gasteiger partial charge in [0.1, 0.15) is 5.92 Å². The van der Waals surface area contributed by atoms with Gasteiger partial charge in [-0.1, -0.05) is 0 Å². The molecule has 0 saturated carbocycles. The first-order valence-corrected chi connectivity index (χ1v) is 2.55. The molecule has 0 radical (unpaired) electrons. The van der Waals surface area contributed by atoms with E-state index in [1.165, 1.54) is 7.11 Å². The molecule has 4 nitrogen and oxygen atoms in total. The zero-order valence-corrected chi connectivity index (χ0v) is 5.20. The third kappa shape index (κ3) is 3.05. The van der Waals surface area contributed by atoms with Gasteiger partial charge in [-0.3, -0.25) is 4.79 Å². The van der Waals surface area contributed by atoms with Crippen LogP contribution in [0, 0.1) is 5.92 Å². The van der Waals surface area contributed by atoms with Crippen molar-refractivity contribution in [3.63, 3.8) is 0 Å². The highest BCUT2D eigenvalue weighted by atomic mass is 16.5. The molecule has 0 aromatic rings. The minimum absolute atomic E-state index is 0.0613. The molecule has 54 valence electrons. The van der Waals surface area contributed by atoms with Gasteiger partial charge in [0.2, 0.25) is 0 Å². The van der Waals surface area contributed by atoms with Crippen molar-refractivity contribution >= 4 is 5.97 Å². The first-order chi connectivity index (χ1) is 4.22. The summed E-state index contributed by atoms with van der Waals surface area (Å²) in [6, 6.07) is 0. The van der Waals surface area contributed by atoms with E-state index in [9.17, 15) is 4.79 Å². The topological polar surface area (TPSA) is 66.8 Å². The Morgan fingerprint density at radius 3 is 2.44 bits per heavy atom. The number of ether oxygens (including phenoxy) is 1. The molecule has 0 unspecified atom stereocenters. The van der Waals surface area contributed by atoms with Crippen LogP contribution in [0.25, 0.3) is 0 Å². The Bertz CT molecular complexity index is 91.0. The molecule has 0 bridgehead atoms. The molecule has 0 heterocycles. The number of hydrogen-bond donors (Lipinski definition) is 2. The van der Waals surface area contributed by atoms with Crippen LogP contribution in [0.1, 0.15) is 0 Å². The van der Waals surface area contributed by atoms with Crippen LogP contribution in [0.2, 0.25) is 0 Å². The molecule has 0 fully saturated rings. The van der Waals surface area contributed by atoms with E-state index in [4.69, 9.17) is 10.2 Å². The van der Waals surface area contributed by atoms with Gasteiger partial charge in [-0.15, -0.1) is 0 Å². The summed E-state index contributed by atoms with van der Waals surface area (Å²) in [7, 11) is 1.39. The predicted octanol–water partition coefficient (Wildman–Crippen LogP) is -0.674. The fourth-order valence-corrected chi connectivity index (χ4v) is 0.403. The zero-order chi connectivity index (χ0) is 7.28.